The number of hydrogen-bond donors (Lipinski definition) is 0. The van der Waals surface area contributed by atoms with E-state index in [4.69, 9.17) is 9.47 Å². The Morgan fingerprint density at radius 1 is 1.36 bits per heavy atom. The van der Waals surface area contributed by atoms with E-state index >= 15 is 0 Å². The fourth-order valence-corrected chi connectivity index (χ4v) is 1.99. The molecule has 8 nitrogen and oxygen atoms in total. The normalized spacial score (nSPS) is 10.4. The van der Waals surface area contributed by atoms with Gasteiger partial charge in [-0.3, -0.25) is 4.79 Å². The summed E-state index contributed by atoms with van der Waals surface area (Å²) in [6.07, 6.45) is 0. The summed E-state index contributed by atoms with van der Waals surface area (Å²) in [6, 6.07) is 4.87. The Labute approximate surface area is 127 Å². The fraction of sp³-hybridized carbons (Fsp3) is 0.357. The Morgan fingerprint density at radius 3 is 2.59 bits per heavy atom. The molecular weight excluding hydrogens is 290 g/mol. The Kier molecular flexibility index (Phi) is 4.50. The van der Waals surface area contributed by atoms with E-state index in [1.165, 1.54) is 23.8 Å². The van der Waals surface area contributed by atoms with Gasteiger partial charge in [-0.25, -0.2) is 0 Å². The molecule has 2 rings (SSSR count). The molecule has 8 heteroatoms. The van der Waals surface area contributed by atoms with Crippen molar-refractivity contribution in [1.29, 1.82) is 0 Å². The molecule has 0 N–H and O–H groups in total. The van der Waals surface area contributed by atoms with Crippen molar-refractivity contribution < 1.29 is 28.6 Å². The van der Waals surface area contributed by atoms with Crippen LogP contribution in [0.4, 0.5) is 0 Å². The lowest BCUT2D eigenvalue weighted by Gasteiger charge is -2.16. The molecule has 0 aliphatic rings. The quantitative estimate of drug-likeness (QED) is 0.714. The van der Waals surface area contributed by atoms with Crippen LogP contribution in [0.1, 0.15) is 16.1 Å². The van der Waals surface area contributed by atoms with Crippen LogP contribution in [-0.2, 0) is 13.6 Å². The van der Waals surface area contributed by atoms with Gasteiger partial charge >= 0.3 is 0 Å². The van der Waals surface area contributed by atoms with Crippen LogP contribution in [0.15, 0.2) is 22.7 Å². The molecule has 0 spiro atoms. The van der Waals surface area contributed by atoms with Crippen LogP contribution in [0, 0.1) is 0 Å². The highest BCUT2D eigenvalue weighted by atomic mass is 16.6. The minimum Gasteiger partial charge on any atom is -0.539 e. The van der Waals surface area contributed by atoms with Crippen LogP contribution in [0.3, 0.4) is 0 Å². The lowest BCUT2D eigenvalue weighted by Crippen LogP contribution is -2.38. The third-order valence-corrected chi connectivity index (χ3v) is 3.24. The SMILES string of the molecule is COc1ccc(C(=O)N(C)Cc2c([O-])on[n+]2C)cc1OC. The highest BCUT2D eigenvalue weighted by Gasteiger charge is 2.21. The molecule has 0 fully saturated rings. The van der Waals surface area contributed by atoms with Gasteiger partial charge < -0.3 is 24.0 Å². The van der Waals surface area contributed by atoms with Crippen molar-refractivity contribution in [2.24, 2.45) is 7.05 Å². The third-order valence-electron chi connectivity index (χ3n) is 3.24. The van der Waals surface area contributed by atoms with Gasteiger partial charge in [-0.1, -0.05) is 4.68 Å². The second-order valence-corrected chi connectivity index (χ2v) is 4.66. The lowest BCUT2D eigenvalue weighted by atomic mass is 10.1. The number of carbonyl (C=O) groups excluding carboxylic acids is 1. The van der Waals surface area contributed by atoms with E-state index < -0.39 is 5.95 Å². The summed E-state index contributed by atoms with van der Waals surface area (Å²) in [5.74, 6) is 0.173. The summed E-state index contributed by atoms with van der Waals surface area (Å²) in [7, 11) is 6.18. The highest BCUT2D eigenvalue weighted by Crippen LogP contribution is 2.28. The summed E-state index contributed by atoms with van der Waals surface area (Å²) in [5.41, 5.74) is 0.711. The predicted octanol–water partition coefficient (Wildman–Crippen LogP) is -0.138. The number of benzene rings is 1. The van der Waals surface area contributed by atoms with E-state index in [2.05, 4.69) is 9.79 Å². The summed E-state index contributed by atoms with van der Waals surface area (Å²) in [6.45, 7) is 0.0893. The summed E-state index contributed by atoms with van der Waals surface area (Å²) in [4.78, 5) is 13.8. The first-order chi connectivity index (χ1) is 10.5. The molecule has 118 valence electrons. The molecule has 1 amide bonds. The maximum Gasteiger partial charge on any atom is 0.254 e. The molecule has 1 heterocycles. The van der Waals surface area contributed by atoms with Crippen molar-refractivity contribution in [3.05, 3.63) is 29.5 Å². The minimum absolute atomic E-state index is 0.0893. The predicted molar refractivity (Wildman–Crippen MR) is 72.5 cm³/mol. The largest absolute Gasteiger partial charge is 0.539 e. The molecule has 0 unspecified atom stereocenters. The van der Waals surface area contributed by atoms with Crippen LogP contribution < -0.4 is 19.3 Å². The Balaban J connectivity index is 2.20. The maximum atomic E-state index is 12.4. The van der Waals surface area contributed by atoms with Gasteiger partial charge in [-0.05, 0) is 18.2 Å². The molecule has 0 atom stereocenters. The van der Waals surface area contributed by atoms with Gasteiger partial charge in [0.15, 0.2) is 24.5 Å². The first-order valence-corrected chi connectivity index (χ1v) is 6.47. The van der Waals surface area contributed by atoms with Gasteiger partial charge in [-0.15, -0.1) is 0 Å². The Bertz CT molecular complexity index is 664. The van der Waals surface area contributed by atoms with E-state index in [-0.39, 0.29) is 18.1 Å². The van der Waals surface area contributed by atoms with Crippen molar-refractivity contribution in [2.75, 3.05) is 21.3 Å². The number of aryl methyl sites for hydroxylation is 1. The van der Waals surface area contributed by atoms with Crippen LogP contribution in [0.25, 0.3) is 0 Å². The number of hydrogen-bond acceptors (Lipinski definition) is 6. The van der Waals surface area contributed by atoms with Crippen molar-refractivity contribution in [2.45, 2.75) is 6.54 Å². The van der Waals surface area contributed by atoms with Crippen molar-refractivity contribution in [1.82, 2.24) is 10.2 Å². The van der Waals surface area contributed by atoms with Crippen molar-refractivity contribution >= 4 is 5.91 Å². The average Bonchev–Trinajstić information content (AvgIpc) is 2.85. The van der Waals surface area contributed by atoms with Crippen LogP contribution in [-0.4, -0.2) is 37.3 Å². The van der Waals surface area contributed by atoms with Crippen molar-refractivity contribution in [3.8, 4) is 17.4 Å². The van der Waals surface area contributed by atoms with E-state index in [1.807, 2.05) is 0 Å². The summed E-state index contributed by atoms with van der Waals surface area (Å²) >= 11 is 0. The number of rotatable bonds is 5. The van der Waals surface area contributed by atoms with Crippen LogP contribution in [0.2, 0.25) is 0 Å². The molecule has 0 bridgehead atoms. The highest BCUT2D eigenvalue weighted by molar-refractivity contribution is 5.94. The fourth-order valence-electron chi connectivity index (χ4n) is 1.99. The molecule has 0 saturated heterocycles. The van der Waals surface area contributed by atoms with Gasteiger partial charge in [0.05, 0.1) is 19.5 Å². The number of aromatic nitrogens is 2. The number of ether oxygens (including phenoxy) is 2. The molecule has 2 aromatic rings. The average molecular weight is 307 g/mol. The topological polar surface area (TPSA) is 91.7 Å². The van der Waals surface area contributed by atoms with E-state index in [1.54, 1.807) is 32.3 Å². The van der Waals surface area contributed by atoms with Gasteiger partial charge in [0.25, 0.3) is 11.6 Å². The van der Waals surface area contributed by atoms with Gasteiger partial charge in [-0.2, -0.15) is 0 Å². The van der Waals surface area contributed by atoms with E-state index in [9.17, 15) is 9.90 Å². The monoisotopic (exact) mass is 307 g/mol. The van der Waals surface area contributed by atoms with Gasteiger partial charge in [0, 0.05) is 12.6 Å². The molecular formula is C14H17N3O5. The molecule has 1 aromatic heterocycles. The summed E-state index contributed by atoms with van der Waals surface area (Å²) in [5, 5.41) is 15.0. The number of amides is 1. The van der Waals surface area contributed by atoms with E-state index in [0.29, 0.717) is 17.1 Å². The smallest absolute Gasteiger partial charge is 0.254 e. The second-order valence-electron chi connectivity index (χ2n) is 4.66. The molecule has 0 saturated carbocycles. The molecule has 0 aliphatic heterocycles. The third kappa shape index (κ3) is 2.95. The molecule has 22 heavy (non-hydrogen) atoms. The zero-order chi connectivity index (χ0) is 16.3. The Hall–Kier alpha value is -2.77. The van der Waals surface area contributed by atoms with Crippen LogP contribution >= 0.6 is 0 Å². The zero-order valence-corrected chi connectivity index (χ0v) is 12.8. The number of methoxy groups -OCH3 is 2. The lowest BCUT2D eigenvalue weighted by molar-refractivity contribution is -0.746. The standard InChI is InChI=1S/C14H17N3O5/c1-16(8-10-14(19)22-15-17(10)2)13(18)9-5-6-11(20-3)12(7-9)21-4/h5-7H,8H2,1-4H3. The minimum atomic E-state index is -0.561. The summed E-state index contributed by atoms with van der Waals surface area (Å²) < 4.78 is 16.1. The molecule has 1 aromatic carbocycles. The molecule has 0 radical (unpaired) electrons. The maximum absolute atomic E-state index is 12.4. The van der Waals surface area contributed by atoms with E-state index in [0.717, 1.165) is 0 Å². The Morgan fingerprint density at radius 2 is 2.05 bits per heavy atom. The number of carbonyl (C=O) groups is 1. The van der Waals surface area contributed by atoms with Gasteiger partial charge in [0.2, 0.25) is 0 Å². The van der Waals surface area contributed by atoms with Crippen molar-refractivity contribution in [3.63, 3.8) is 0 Å². The molecule has 0 aliphatic carbocycles. The van der Waals surface area contributed by atoms with Gasteiger partial charge in [0.1, 0.15) is 6.54 Å². The first-order valence-electron chi connectivity index (χ1n) is 6.47. The zero-order valence-electron chi connectivity index (χ0n) is 12.8. The second kappa shape index (κ2) is 6.33. The first kappa shape index (κ1) is 15.6. The number of nitrogens with zero attached hydrogens (tertiary/aromatic N) is 3. The van der Waals surface area contributed by atoms with Crippen LogP contribution in [0.5, 0.6) is 17.4 Å².